The van der Waals surface area contributed by atoms with Crippen LogP contribution in [0, 0.1) is 6.92 Å². The van der Waals surface area contributed by atoms with Crippen LogP contribution in [0.2, 0.25) is 0 Å². The van der Waals surface area contributed by atoms with Crippen LogP contribution in [0.3, 0.4) is 0 Å². The highest BCUT2D eigenvalue weighted by molar-refractivity contribution is 5.90. The van der Waals surface area contributed by atoms with Gasteiger partial charge in [-0.05, 0) is 19.9 Å². The van der Waals surface area contributed by atoms with Gasteiger partial charge in [0.05, 0.1) is 32.5 Å². The van der Waals surface area contributed by atoms with Gasteiger partial charge in [0.25, 0.3) is 0 Å². The zero-order chi connectivity index (χ0) is 14.7. The molecule has 0 aromatic carbocycles. The molecule has 1 aromatic rings. The molecule has 0 bridgehead atoms. The van der Waals surface area contributed by atoms with Crippen molar-refractivity contribution in [3.8, 4) is 0 Å². The first-order chi connectivity index (χ1) is 9.53. The van der Waals surface area contributed by atoms with Crippen molar-refractivity contribution >= 4 is 5.97 Å². The minimum Gasteiger partial charge on any atom is -0.465 e. The molecule has 0 saturated carbocycles. The van der Waals surface area contributed by atoms with E-state index in [0.717, 1.165) is 6.54 Å². The van der Waals surface area contributed by atoms with Crippen LogP contribution in [0.25, 0.3) is 0 Å². The molecule has 1 saturated heterocycles. The number of esters is 1. The van der Waals surface area contributed by atoms with Crippen molar-refractivity contribution in [2.75, 3.05) is 26.8 Å². The number of nitrogens with zero attached hydrogens (tertiary/aromatic N) is 1. The molecule has 1 aliphatic rings. The van der Waals surface area contributed by atoms with Crippen molar-refractivity contribution in [2.45, 2.75) is 32.6 Å². The first kappa shape index (κ1) is 15.0. The Morgan fingerprint density at radius 2 is 2.30 bits per heavy atom. The molecule has 20 heavy (non-hydrogen) atoms. The van der Waals surface area contributed by atoms with E-state index < -0.39 is 0 Å². The Hall–Kier alpha value is -1.37. The first-order valence-corrected chi connectivity index (χ1v) is 6.69. The molecule has 1 aromatic heterocycles. The van der Waals surface area contributed by atoms with Gasteiger partial charge in [-0.3, -0.25) is 4.90 Å². The SMILES string of the molecule is COC(=O)c1cc(CN2CC(C)OC(CO)C2)oc1C. The normalized spacial score (nSPS) is 23.8. The quantitative estimate of drug-likeness (QED) is 0.830. The molecule has 2 unspecified atom stereocenters. The third-order valence-electron chi connectivity index (χ3n) is 3.36. The number of ether oxygens (including phenoxy) is 2. The van der Waals surface area contributed by atoms with E-state index >= 15 is 0 Å². The maximum atomic E-state index is 11.5. The average Bonchev–Trinajstić information content (AvgIpc) is 2.77. The molecule has 6 nitrogen and oxygen atoms in total. The van der Waals surface area contributed by atoms with E-state index in [-0.39, 0.29) is 24.8 Å². The Morgan fingerprint density at radius 3 is 2.95 bits per heavy atom. The van der Waals surface area contributed by atoms with E-state index in [9.17, 15) is 9.90 Å². The molecule has 0 aliphatic carbocycles. The van der Waals surface area contributed by atoms with Gasteiger partial charge < -0.3 is 19.0 Å². The fourth-order valence-corrected chi connectivity index (χ4v) is 2.53. The smallest absolute Gasteiger partial charge is 0.341 e. The fourth-order valence-electron chi connectivity index (χ4n) is 2.53. The summed E-state index contributed by atoms with van der Waals surface area (Å²) in [6.07, 6.45) is -0.105. The number of aliphatic hydroxyl groups excluding tert-OH is 1. The number of aryl methyl sites for hydroxylation is 1. The average molecular weight is 283 g/mol. The number of morpholine rings is 1. The van der Waals surface area contributed by atoms with Crippen LogP contribution in [-0.4, -0.2) is 55.0 Å². The lowest BCUT2D eigenvalue weighted by Crippen LogP contribution is -2.47. The van der Waals surface area contributed by atoms with Crippen LogP contribution in [0.4, 0.5) is 0 Å². The van der Waals surface area contributed by atoms with Gasteiger partial charge in [-0.15, -0.1) is 0 Å². The minimum atomic E-state index is -0.388. The summed E-state index contributed by atoms with van der Waals surface area (Å²) in [5.74, 6) is 0.890. The van der Waals surface area contributed by atoms with Crippen molar-refractivity contribution in [3.63, 3.8) is 0 Å². The Morgan fingerprint density at radius 1 is 1.55 bits per heavy atom. The second kappa shape index (κ2) is 6.39. The van der Waals surface area contributed by atoms with Crippen LogP contribution in [-0.2, 0) is 16.0 Å². The Kier molecular flexibility index (Phi) is 4.80. The predicted octanol–water partition coefficient (Wildman–Crippen LogP) is 0.956. The molecule has 2 rings (SSSR count). The second-order valence-electron chi connectivity index (χ2n) is 5.12. The lowest BCUT2D eigenvalue weighted by atomic mass is 10.2. The van der Waals surface area contributed by atoms with Gasteiger partial charge >= 0.3 is 5.97 Å². The monoisotopic (exact) mass is 283 g/mol. The van der Waals surface area contributed by atoms with Crippen molar-refractivity contribution in [3.05, 3.63) is 23.2 Å². The molecular weight excluding hydrogens is 262 g/mol. The number of aliphatic hydroxyl groups is 1. The summed E-state index contributed by atoms with van der Waals surface area (Å²) in [5, 5.41) is 9.21. The van der Waals surface area contributed by atoms with E-state index in [4.69, 9.17) is 13.9 Å². The molecule has 2 heterocycles. The van der Waals surface area contributed by atoms with Crippen molar-refractivity contribution in [1.29, 1.82) is 0 Å². The summed E-state index contributed by atoms with van der Waals surface area (Å²) in [6.45, 7) is 5.72. The van der Waals surface area contributed by atoms with Crippen molar-refractivity contribution in [2.24, 2.45) is 0 Å². The van der Waals surface area contributed by atoms with Crippen LogP contribution >= 0.6 is 0 Å². The standard InChI is InChI=1S/C14H21NO5/c1-9-5-15(7-12(8-16)19-9)6-11-4-13(10(2)20-11)14(17)18-3/h4,9,12,16H,5-8H2,1-3H3. The van der Waals surface area contributed by atoms with E-state index in [0.29, 0.717) is 30.2 Å². The Balaban J connectivity index is 2.04. The Labute approximate surface area is 118 Å². The molecule has 1 fully saturated rings. The molecule has 1 aliphatic heterocycles. The second-order valence-corrected chi connectivity index (χ2v) is 5.12. The first-order valence-electron chi connectivity index (χ1n) is 6.69. The number of furan rings is 1. The molecule has 1 N–H and O–H groups in total. The summed E-state index contributed by atoms with van der Waals surface area (Å²) in [5.41, 5.74) is 0.461. The van der Waals surface area contributed by atoms with Gasteiger partial charge in [0.2, 0.25) is 0 Å². The Bertz CT molecular complexity index is 470. The van der Waals surface area contributed by atoms with E-state index in [1.54, 1.807) is 13.0 Å². The maximum absolute atomic E-state index is 11.5. The predicted molar refractivity (Wildman–Crippen MR) is 71.5 cm³/mol. The lowest BCUT2D eigenvalue weighted by molar-refractivity contribution is -0.0983. The van der Waals surface area contributed by atoms with Crippen molar-refractivity contribution in [1.82, 2.24) is 4.90 Å². The summed E-state index contributed by atoms with van der Waals surface area (Å²) in [6, 6.07) is 1.72. The summed E-state index contributed by atoms with van der Waals surface area (Å²) >= 11 is 0. The topological polar surface area (TPSA) is 72.1 Å². The summed E-state index contributed by atoms with van der Waals surface area (Å²) in [7, 11) is 1.35. The van der Waals surface area contributed by atoms with E-state index in [2.05, 4.69) is 4.90 Å². The van der Waals surface area contributed by atoms with Gasteiger partial charge in [-0.25, -0.2) is 4.79 Å². The summed E-state index contributed by atoms with van der Waals surface area (Å²) in [4.78, 5) is 13.7. The molecule has 0 spiro atoms. The van der Waals surface area contributed by atoms with Crippen LogP contribution in [0.5, 0.6) is 0 Å². The lowest BCUT2D eigenvalue weighted by Gasteiger charge is -2.35. The van der Waals surface area contributed by atoms with Crippen LogP contribution < -0.4 is 0 Å². The number of methoxy groups -OCH3 is 1. The summed E-state index contributed by atoms with van der Waals surface area (Å²) < 4.78 is 15.9. The van der Waals surface area contributed by atoms with Gasteiger partial charge in [0.15, 0.2) is 0 Å². The van der Waals surface area contributed by atoms with Crippen LogP contribution in [0.15, 0.2) is 10.5 Å². The molecule has 0 radical (unpaired) electrons. The third-order valence-corrected chi connectivity index (χ3v) is 3.36. The maximum Gasteiger partial charge on any atom is 0.341 e. The van der Waals surface area contributed by atoms with Crippen LogP contribution in [0.1, 0.15) is 28.8 Å². The van der Waals surface area contributed by atoms with Gasteiger partial charge in [-0.2, -0.15) is 0 Å². The number of carbonyl (C=O) groups excluding carboxylic acids is 1. The van der Waals surface area contributed by atoms with E-state index in [1.165, 1.54) is 7.11 Å². The molecule has 0 amide bonds. The highest BCUT2D eigenvalue weighted by Gasteiger charge is 2.26. The number of hydrogen-bond donors (Lipinski definition) is 1. The zero-order valence-electron chi connectivity index (χ0n) is 12.1. The minimum absolute atomic E-state index is 0.00539. The fraction of sp³-hybridized carbons (Fsp3) is 0.643. The third kappa shape index (κ3) is 3.39. The molecule has 2 atom stereocenters. The molecular formula is C14H21NO5. The number of rotatable bonds is 4. The number of hydrogen-bond acceptors (Lipinski definition) is 6. The molecule has 112 valence electrons. The van der Waals surface area contributed by atoms with E-state index in [1.807, 2.05) is 6.92 Å². The molecule has 6 heteroatoms. The highest BCUT2D eigenvalue weighted by atomic mass is 16.5. The highest BCUT2D eigenvalue weighted by Crippen LogP contribution is 2.19. The van der Waals surface area contributed by atoms with Crippen molar-refractivity contribution < 1.29 is 23.8 Å². The zero-order valence-corrected chi connectivity index (χ0v) is 12.1. The van der Waals surface area contributed by atoms with Gasteiger partial charge in [0.1, 0.15) is 17.1 Å². The number of carbonyl (C=O) groups is 1. The van der Waals surface area contributed by atoms with Gasteiger partial charge in [0, 0.05) is 13.1 Å². The largest absolute Gasteiger partial charge is 0.465 e. The van der Waals surface area contributed by atoms with Gasteiger partial charge in [-0.1, -0.05) is 0 Å².